The van der Waals surface area contributed by atoms with Crippen LogP contribution in [-0.2, 0) is 6.42 Å². The van der Waals surface area contributed by atoms with Gasteiger partial charge in [-0.1, -0.05) is 54.6 Å². The lowest BCUT2D eigenvalue weighted by atomic mass is 10.1. The minimum Gasteiger partial charge on any atom is -0.497 e. The number of halogens is 1. The maximum Gasteiger partial charge on any atom is 0.315 e. The van der Waals surface area contributed by atoms with Crippen LogP contribution in [0.15, 0.2) is 78.9 Å². The van der Waals surface area contributed by atoms with Crippen LogP contribution in [0, 0.1) is 0 Å². The maximum atomic E-state index is 12.9. The highest BCUT2D eigenvalue weighted by Gasteiger charge is 2.39. The number of urea groups is 1. The first-order valence-corrected chi connectivity index (χ1v) is 10.9. The minimum absolute atomic E-state index is 0. The molecule has 0 saturated heterocycles. The average Bonchev–Trinajstić information content (AvgIpc) is 3.45. The van der Waals surface area contributed by atoms with Crippen LogP contribution in [0.25, 0.3) is 11.0 Å². The number of imidazole rings is 1. The second-order valence-electron chi connectivity index (χ2n) is 8.22. The number of hydrogen-bond donors (Lipinski definition) is 3. The standard InChI is InChI=1S/C26H26N4O2.ClH/c1-32-19-13-11-17(12-14-19)15-24(25-27-21-9-5-6-10-22(21)28-25)30-26(31)29-23-16-20(23)18-7-3-2-4-8-18;/h2-14,20,23-24H,15-16H2,1H3,(H,27,28)(H2,29,30,31);1H/t20-,23+,24-;/m1./s1. The molecule has 33 heavy (non-hydrogen) atoms. The van der Waals surface area contributed by atoms with Gasteiger partial charge in [-0.3, -0.25) is 0 Å². The van der Waals surface area contributed by atoms with E-state index in [1.165, 1.54) is 5.56 Å². The first-order chi connectivity index (χ1) is 15.7. The van der Waals surface area contributed by atoms with Gasteiger partial charge in [0.2, 0.25) is 0 Å². The van der Waals surface area contributed by atoms with Crippen molar-refractivity contribution in [1.29, 1.82) is 0 Å². The summed E-state index contributed by atoms with van der Waals surface area (Å²) in [6.45, 7) is 0. The van der Waals surface area contributed by atoms with E-state index in [1.807, 2.05) is 66.7 Å². The molecular weight excluding hydrogens is 436 g/mol. The van der Waals surface area contributed by atoms with Crippen molar-refractivity contribution in [2.24, 2.45) is 0 Å². The van der Waals surface area contributed by atoms with Crippen LogP contribution >= 0.6 is 12.4 Å². The predicted molar refractivity (Wildman–Crippen MR) is 132 cm³/mol. The highest BCUT2D eigenvalue weighted by Crippen LogP contribution is 2.40. The molecule has 0 bridgehead atoms. The van der Waals surface area contributed by atoms with Gasteiger partial charge in [0.15, 0.2) is 0 Å². The number of amides is 2. The van der Waals surface area contributed by atoms with Crippen molar-refractivity contribution in [3.05, 3.63) is 95.8 Å². The first kappa shape index (κ1) is 22.7. The summed E-state index contributed by atoms with van der Waals surface area (Å²) in [6, 6.07) is 25.8. The second-order valence-corrected chi connectivity index (χ2v) is 8.22. The van der Waals surface area contributed by atoms with Gasteiger partial charge in [0.1, 0.15) is 11.6 Å². The summed E-state index contributed by atoms with van der Waals surface area (Å²) in [5, 5.41) is 6.27. The van der Waals surface area contributed by atoms with Crippen molar-refractivity contribution in [3.8, 4) is 5.75 Å². The number of carbonyl (C=O) groups excluding carboxylic acids is 1. The number of carbonyl (C=O) groups is 1. The highest BCUT2D eigenvalue weighted by atomic mass is 35.5. The van der Waals surface area contributed by atoms with Crippen LogP contribution in [0.1, 0.15) is 35.3 Å². The molecule has 3 atom stereocenters. The zero-order valence-corrected chi connectivity index (χ0v) is 19.1. The molecule has 0 unspecified atom stereocenters. The van der Waals surface area contributed by atoms with Gasteiger partial charge in [0, 0.05) is 12.0 Å². The van der Waals surface area contributed by atoms with E-state index in [2.05, 4.69) is 27.8 Å². The maximum absolute atomic E-state index is 12.9. The van der Waals surface area contributed by atoms with Crippen LogP contribution < -0.4 is 15.4 Å². The van der Waals surface area contributed by atoms with Gasteiger partial charge in [-0.05, 0) is 48.2 Å². The van der Waals surface area contributed by atoms with E-state index >= 15 is 0 Å². The topological polar surface area (TPSA) is 79.0 Å². The molecule has 3 aromatic carbocycles. The van der Waals surface area contributed by atoms with Crippen LogP contribution in [-0.4, -0.2) is 29.2 Å². The number of methoxy groups -OCH3 is 1. The number of ether oxygens (including phenoxy) is 1. The Labute approximate surface area is 199 Å². The number of nitrogens with zero attached hydrogens (tertiary/aromatic N) is 1. The van der Waals surface area contributed by atoms with E-state index in [0.717, 1.165) is 34.6 Å². The molecular formula is C26H27ClN4O2. The lowest BCUT2D eigenvalue weighted by Gasteiger charge is -2.18. The number of rotatable bonds is 7. The number of aromatic nitrogens is 2. The third kappa shape index (κ3) is 5.29. The Kier molecular flexibility index (Phi) is 6.84. The van der Waals surface area contributed by atoms with Crippen LogP contribution in [0.2, 0.25) is 0 Å². The van der Waals surface area contributed by atoms with Crippen LogP contribution in [0.4, 0.5) is 4.79 Å². The van der Waals surface area contributed by atoms with E-state index in [4.69, 9.17) is 9.72 Å². The van der Waals surface area contributed by atoms with Gasteiger partial charge in [0.25, 0.3) is 0 Å². The fourth-order valence-electron chi connectivity index (χ4n) is 4.14. The number of aromatic amines is 1. The molecule has 4 aromatic rings. The smallest absolute Gasteiger partial charge is 0.315 e. The summed E-state index contributed by atoms with van der Waals surface area (Å²) >= 11 is 0. The lowest BCUT2D eigenvalue weighted by Crippen LogP contribution is -2.40. The van der Waals surface area contributed by atoms with Gasteiger partial charge in [-0.2, -0.15) is 0 Å². The molecule has 0 aliphatic heterocycles. The summed E-state index contributed by atoms with van der Waals surface area (Å²) in [6.07, 6.45) is 1.58. The third-order valence-electron chi connectivity index (χ3n) is 5.98. The monoisotopic (exact) mass is 462 g/mol. The van der Waals surface area contributed by atoms with Crippen LogP contribution in [0.3, 0.4) is 0 Å². The van der Waals surface area contributed by atoms with Crippen LogP contribution in [0.5, 0.6) is 5.75 Å². The number of para-hydroxylation sites is 2. The zero-order valence-electron chi connectivity index (χ0n) is 18.3. The molecule has 2 amide bonds. The summed E-state index contributed by atoms with van der Waals surface area (Å²) < 4.78 is 5.26. The fraction of sp³-hybridized carbons (Fsp3) is 0.231. The fourth-order valence-corrected chi connectivity index (χ4v) is 4.14. The molecule has 7 heteroatoms. The SMILES string of the molecule is COc1ccc(C[C@@H](NC(=O)N[C@H]2C[C@@H]2c2ccccc2)c2nc3ccccc3[nH]2)cc1.Cl. The molecule has 3 N–H and O–H groups in total. The molecule has 1 fully saturated rings. The van der Waals surface area contributed by atoms with Crippen molar-refractivity contribution in [2.45, 2.75) is 30.8 Å². The molecule has 1 saturated carbocycles. The van der Waals surface area contributed by atoms with Crippen molar-refractivity contribution in [2.75, 3.05) is 7.11 Å². The molecule has 0 radical (unpaired) electrons. The van der Waals surface area contributed by atoms with E-state index in [0.29, 0.717) is 12.3 Å². The van der Waals surface area contributed by atoms with Gasteiger partial charge in [-0.15, -0.1) is 12.4 Å². The summed E-state index contributed by atoms with van der Waals surface area (Å²) in [5.74, 6) is 1.93. The predicted octanol–water partition coefficient (Wildman–Crippen LogP) is 5.13. The third-order valence-corrected chi connectivity index (χ3v) is 5.98. The Morgan fingerprint density at radius 1 is 1.06 bits per heavy atom. The highest BCUT2D eigenvalue weighted by molar-refractivity contribution is 5.85. The minimum atomic E-state index is -0.287. The first-order valence-electron chi connectivity index (χ1n) is 10.9. The number of benzene rings is 3. The Morgan fingerprint density at radius 3 is 2.52 bits per heavy atom. The molecule has 6 nitrogen and oxygen atoms in total. The van der Waals surface area contributed by atoms with Gasteiger partial charge >= 0.3 is 6.03 Å². The Hall–Kier alpha value is -3.51. The van der Waals surface area contributed by atoms with Crippen molar-refractivity contribution >= 4 is 29.5 Å². The zero-order chi connectivity index (χ0) is 21.9. The number of fused-ring (bicyclic) bond motifs is 1. The molecule has 1 aliphatic rings. The van der Waals surface area contributed by atoms with E-state index in [-0.39, 0.29) is 30.5 Å². The number of nitrogens with one attached hydrogen (secondary N) is 3. The largest absolute Gasteiger partial charge is 0.497 e. The molecule has 5 rings (SSSR count). The Morgan fingerprint density at radius 2 is 1.79 bits per heavy atom. The summed E-state index contributed by atoms with van der Waals surface area (Å²) in [5.41, 5.74) is 4.20. The Balaban J connectivity index is 0.00000259. The van der Waals surface area contributed by atoms with Gasteiger partial charge < -0.3 is 20.4 Å². The van der Waals surface area contributed by atoms with Crippen molar-refractivity contribution < 1.29 is 9.53 Å². The normalized spacial score (nSPS) is 17.6. The number of hydrogen-bond acceptors (Lipinski definition) is 3. The van der Waals surface area contributed by atoms with Crippen molar-refractivity contribution in [1.82, 2.24) is 20.6 Å². The molecule has 1 heterocycles. The second kappa shape index (κ2) is 9.96. The number of H-pyrrole nitrogens is 1. The Bertz CT molecular complexity index is 1180. The van der Waals surface area contributed by atoms with Gasteiger partial charge in [0.05, 0.1) is 24.2 Å². The van der Waals surface area contributed by atoms with E-state index in [9.17, 15) is 4.79 Å². The summed E-state index contributed by atoms with van der Waals surface area (Å²) in [7, 11) is 1.65. The molecule has 170 valence electrons. The van der Waals surface area contributed by atoms with E-state index in [1.54, 1.807) is 7.11 Å². The average molecular weight is 463 g/mol. The van der Waals surface area contributed by atoms with E-state index < -0.39 is 0 Å². The quantitative estimate of drug-likeness (QED) is 0.356. The molecule has 0 spiro atoms. The summed E-state index contributed by atoms with van der Waals surface area (Å²) in [4.78, 5) is 21.0. The van der Waals surface area contributed by atoms with Gasteiger partial charge in [-0.25, -0.2) is 9.78 Å². The molecule has 1 aromatic heterocycles. The van der Waals surface area contributed by atoms with Crippen molar-refractivity contribution in [3.63, 3.8) is 0 Å². The lowest BCUT2D eigenvalue weighted by molar-refractivity contribution is 0.236. The molecule has 1 aliphatic carbocycles.